The highest BCUT2D eigenvalue weighted by molar-refractivity contribution is 7.92. The van der Waals surface area contributed by atoms with E-state index >= 15 is 0 Å². The Morgan fingerprint density at radius 2 is 2.08 bits per heavy atom. The SMILES string of the molecule is Cc1csc(NC(=O)c2ccc(C)c(N3CCCCS3(=O)=O)c2)n1. The number of aryl methyl sites for hydroxylation is 2. The van der Waals surface area contributed by atoms with Crippen LogP contribution in [-0.2, 0) is 10.0 Å². The molecule has 0 saturated carbocycles. The summed E-state index contributed by atoms with van der Waals surface area (Å²) in [5.41, 5.74) is 2.68. The van der Waals surface area contributed by atoms with Gasteiger partial charge in [-0.15, -0.1) is 11.3 Å². The summed E-state index contributed by atoms with van der Waals surface area (Å²) in [6.07, 6.45) is 1.51. The average molecular weight is 365 g/mol. The number of thiazole rings is 1. The molecule has 0 aliphatic carbocycles. The number of sulfonamides is 1. The molecule has 0 radical (unpaired) electrons. The van der Waals surface area contributed by atoms with Crippen molar-refractivity contribution >= 4 is 38.1 Å². The van der Waals surface area contributed by atoms with Crippen molar-refractivity contribution in [3.63, 3.8) is 0 Å². The van der Waals surface area contributed by atoms with Gasteiger partial charge in [0.05, 0.1) is 17.1 Å². The van der Waals surface area contributed by atoms with Crippen LogP contribution in [0.15, 0.2) is 23.6 Å². The molecule has 1 fully saturated rings. The summed E-state index contributed by atoms with van der Waals surface area (Å²) in [5, 5.41) is 5.14. The zero-order chi connectivity index (χ0) is 17.3. The predicted octanol–water partition coefficient (Wildman–Crippen LogP) is 2.94. The summed E-state index contributed by atoms with van der Waals surface area (Å²) >= 11 is 1.36. The van der Waals surface area contributed by atoms with Crippen LogP contribution in [0, 0.1) is 13.8 Å². The van der Waals surface area contributed by atoms with Crippen molar-refractivity contribution in [2.45, 2.75) is 26.7 Å². The van der Waals surface area contributed by atoms with Crippen molar-refractivity contribution in [1.82, 2.24) is 4.98 Å². The van der Waals surface area contributed by atoms with Crippen molar-refractivity contribution in [3.05, 3.63) is 40.4 Å². The lowest BCUT2D eigenvalue weighted by molar-refractivity contribution is 0.102. The molecule has 0 unspecified atom stereocenters. The maximum Gasteiger partial charge on any atom is 0.257 e. The van der Waals surface area contributed by atoms with Gasteiger partial charge in [-0.05, 0) is 44.4 Å². The molecule has 8 heteroatoms. The van der Waals surface area contributed by atoms with E-state index in [-0.39, 0.29) is 11.7 Å². The van der Waals surface area contributed by atoms with E-state index < -0.39 is 10.0 Å². The van der Waals surface area contributed by atoms with Crippen molar-refractivity contribution in [1.29, 1.82) is 0 Å². The van der Waals surface area contributed by atoms with E-state index in [9.17, 15) is 13.2 Å². The highest BCUT2D eigenvalue weighted by Crippen LogP contribution is 2.28. The fraction of sp³-hybridized carbons (Fsp3) is 0.375. The minimum Gasteiger partial charge on any atom is -0.298 e. The first-order valence-electron chi connectivity index (χ1n) is 7.71. The zero-order valence-corrected chi connectivity index (χ0v) is 15.2. The van der Waals surface area contributed by atoms with E-state index in [1.54, 1.807) is 18.2 Å². The number of anilines is 2. The van der Waals surface area contributed by atoms with Gasteiger partial charge in [-0.25, -0.2) is 13.4 Å². The Morgan fingerprint density at radius 1 is 1.29 bits per heavy atom. The van der Waals surface area contributed by atoms with Crippen LogP contribution in [0.25, 0.3) is 0 Å². The zero-order valence-electron chi connectivity index (χ0n) is 13.6. The molecule has 1 aliphatic heterocycles. The molecule has 1 aliphatic rings. The van der Waals surface area contributed by atoms with Gasteiger partial charge in [0, 0.05) is 17.5 Å². The number of hydrogen-bond donors (Lipinski definition) is 1. The third-order valence-electron chi connectivity index (χ3n) is 3.93. The summed E-state index contributed by atoms with van der Waals surface area (Å²) in [6.45, 7) is 4.17. The third kappa shape index (κ3) is 3.44. The van der Waals surface area contributed by atoms with E-state index in [2.05, 4.69) is 10.3 Å². The number of amides is 1. The van der Waals surface area contributed by atoms with Gasteiger partial charge in [-0.3, -0.25) is 14.4 Å². The molecular formula is C16H19N3O3S2. The smallest absolute Gasteiger partial charge is 0.257 e. The maximum atomic E-state index is 12.4. The summed E-state index contributed by atoms with van der Waals surface area (Å²) in [6, 6.07) is 5.13. The first kappa shape index (κ1) is 16.9. The topological polar surface area (TPSA) is 79.4 Å². The fourth-order valence-electron chi connectivity index (χ4n) is 2.66. The molecule has 24 heavy (non-hydrogen) atoms. The average Bonchev–Trinajstić information content (AvgIpc) is 2.93. The van der Waals surface area contributed by atoms with Crippen LogP contribution < -0.4 is 9.62 Å². The molecule has 128 valence electrons. The third-order valence-corrected chi connectivity index (χ3v) is 6.66. The standard InChI is InChI=1S/C16H19N3O3S2/c1-11-5-6-13(15(20)18-16-17-12(2)10-23-16)9-14(11)19-7-3-4-8-24(19,21)22/h5-6,9-10H,3-4,7-8H2,1-2H3,(H,17,18,20). The molecule has 1 amide bonds. The first-order valence-corrected chi connectivity index (χ1v) is 10.2. The van der Waals surface area contributed by atoms with Crippen LogP contribution in [0.2, 0.25) is 0 Å². The Morgan fingerprint density at radius 3 is 2.75 bits per heavy atom. The largest absolute Gasteiger partial charge is 0.298 e. The molecular weight excluding hydrogens is 346 g/mol. The number of hydrogen-bond acceptors (Lipinski definition) is 5. The highest BCUT2D eigenvalue weighted by atomic mass is 32.2. The molecule has 0 atom stereocenters. The minimum atomic E-state index is -3.31. The van der Waals surface area contributed by atoms with Crippen LogP contribution in [0.3, 0.4) is 0 Å². The van der Waals surface area contributed by atoms with Gasteiger partial charge in [-0.2, -0.15) is 0 Å². The normalized spacial score (nSPS) is 16.8. The first-order chi connectivity index (χ1) is 11.4. The van der Waals surface area contributed by atoms with Crippen LogP contribution in [0.5, 0.6) is 0 Å². The molecule has 0 bridgehead atoms. The van der Waals surface area contributed by atoms with Crippen molar-refractivity contribution in [2.24, 2.45) is 0 Å². The molecule has 2 heterocycles. The quantitative estimate of drug-likeness (QED) is 0.907. The van der Waals surface area contributed by atoms with Gasteiger partial charge < -0.3 is 0 Å². The molecule has 6 nitrogen and oxygen atoms in total. The fourth-order valence-corrected chi connectivity index (χ4v) is 5.04. The number of benzene rings is 1. The van der Waals surface area contributed by atoms with Gasteiger partial charge in [0.2, 0.25) is 10.0 Å². The second-order valence-corrected chi connectivity index (χ2v) is 8.72. The van der Waals surface area contributed by atoms with Crippen LogP contribution in [-0.4, -0.2) is 31.6 Å². The second-order valence-electron chi connectivity index (χ2n) is 5.84. The number of carbonyl (C=O) groups is 1. The Hall–Kier alpha value is -1.93. The monoisotopic (exact) mass is 365 g/mol. The summed E-state index contributed by atoms with van der Waals surface area (Å²) in [4.78, 5) is 16.6. The Balaban J connectivity index is 1.89. The summed E-state index contributed by atoms with van der Waals surface area (Å²) in [7, 11) is -3.31. The number of nitrogens with one attached hydrogen (secondary N) is 1. The van der Waals surface area contributed by atoms with Gasteiger partial charge >= 0.3 is 0 Å². The van der Waals surface area contributed by atoms with Gasteiger partial charge in [0.1, 0.15) is 0 Å². The van der Waals surface area contributed by atoms with Crippen molar-refractivity contribution in [2.75, 3.05) is 21.9 Å². The molecule has 2 aromatic rings. The molecule has 1 aromatic heterocycles. The van der Waals surface area contributed by atoms with Crippen LogP contribution in [0.1, 0.15) is 34.5 Å². The minimum absolute atomic E-state index is 0.154. The summed E-state index contributed by atoms with van der Waals surface area (Å²) in [5.74, 6) is -0.138. The van der Waals surface area contributed by atoms with E-state index in [4.69, 9.17) is 0 Å². The Kier molecular flexibility index (Phi) is 4.60. The lowest BCUT2D eigenvalue weighted by Crippen LogP contribution is -2.38. The second kappa shape index (κ2) is 6.52. The van der Waals surface area contributed by atoms with E-state index in [1.165, 1.54) is 15.6 Å². The molecule has 1 saturated heterocycles. The van der Waals surface area contributed by atoms with Gasteiger partial charge in [-0.1, -0.05) is 6.07 Å². The number of carbonyl (C=O) groups excluding carboxylic acids is 1. The van der Waals surface area contributed by atoms with Crippen LogP contribution >= 0.6 is 11.3 Å². The number of rotatable bonds is 3. The van der Waals surface area contributed by atoms with E-state index in [0.29, 0.717) is 29.3 Å². The van der Waals surface area contributed by atoms with Gasteiger partial charge in [0.25, 0.3) is 5.91 Å². The van der Waals surface area contributed by atoms with E-state index in [1.807, 2.05) is 19.2 Å². The predicted molar refractivity (Wildman–Crippen MR) is 96.4 cm³/mol. The van der Waals surface area contributed by atoms with Crippen LogP contribution in [0.4, 0.5) is 10.8 Å². The number of nitrogens with zero attached hydrogens (tertiary/aromatic N) is 2. The van der Waals surface area contributed by atoms with Crippen molar-refractivity contribution in [3.8, 4) is 0 Å². The van der Waals surface area contributed by atoms with Crippen molar-refractivity contribution < 1.29 is 13.2 Å². The highest BCUT2D eigenvalue weighted by Gasteiger charge is 2.27. The Bertz CT molecular complexity index is 874. The molecule has 1 N–H and O–H groups in total. The Labute approximate surface area is 145 Å². The van der Waals surface area contributed by atoms with Gasteiger partial charge in [0.15, 0.2) is 5.13 Å². The molecule has 1 aromatic carbocycles. The molecule has 3 rings (SSSR count). The van der Waals surface area contributed by atoms with E-state index in [0.717, 1.165) is 17.7 Å². The lowest BCUT2D eigenvalue weighted by Gasteiger charge is -2.29. The lowest BCUT2D eigenvalue weighted by atomic mass is 10.1. The summed E-state index contributed by atoms with van der Waals surface area (Å²) < 4.78 is 26.1. The molecule has 0 spiro atoms. The maximum absolute atomic E-state index is 12.4. The number of aromatic nitrogens is 1.